The molecular formula is C19H31IN4OS. The average Bonchev–Trinajstić information content (AvgIpc) is 3.26. The van der Waals surface area contributed by atoms with Gasteiger partial charge in [-0.2, -0.15) is 0 Å². The SMILES string of the molecule is CC(NC(=NCC(=O)N(C)C)N1CC2CCCCC2C1)c1cccs1.I. The molecule has 2 aliphatic rings. The quantitative estimate of drug-likeness (QED) is 0.399. The third kappa shape index (κ3) is 5.34. The zero-order chi connectivity index (χ0) is 17.8. The second-order valence-electron chi connectivity index (χ2n) is 7.52. The lowest BCUT2D eigenvalue weighted by atomic mass is 9.82. The first-order chi connectivity index (χ1) is 12.0. The standard InChI is InChI=1S/C19H30N4OS.HI/c1-14(17-9-6-10-25-17)21-19(20-11-18(24)22(2)3)23-12-15-7-4-5-8-16(15)13-23;/h6,9-10,14-16H,4-5,7-8,11-13H2,1-3H3,(H,20,21);1H. The van der Waals surface area contributed by atoms with E-state index in [0.29, 0.717) is 0 Å². The molecule has 2 heterocycles. The number of hydrogen-bond donors (Lipinski definition) is 1. The monoisotopic (exact) mass is 490 g/mol. The Morgan fingerprint density at radius 1 is 1.35 bits per heavy atom. The number of nitrogens with one attached hydrogen (secondary N) is 1. The molecule has 1 aromatic rings. The van der Waals surface area contributed by atoms with E-state index < -0.39 is 0 Å². The van der Waals surface area contributed by atoms with Gasteiger partial charge < -0.3 is 15.1 Å². The number of fused-ring (bicyclic) bond motifs is 1. The predicted molar refractivity (Wildman–Crippen MR) is 119 cm³/mol. The Morgan fingerprint density at radius 3 is 2.54 bits per heavy atom. The van der Waals surface area contributed by atoms with E-state index in [1.807, 2.05) is 0 Å². The first-order valence-corrected chi connectivity index (χ1v) is 10.2. The molecule has 146 valence electrons. The third-order valence-corrected chi connectivity index (χ3v) is 6.51. The maximum atomic E-state index is 12.0. The number of nitrogens with zero attached hydrogens (tertiary/aromatic N) is 3. The van der Waals surface area contributed by atoms with Crippen LogP contribution in [0.5, 0.6) is 0 Å². The van der Waals surface area contributed by atoms with Crippen molar-refractivity contribution in [3.05, 3.63) is 22.4 Å². The number of aliphatic imine (C=N–C) groups is 1. The van der Waals surface area contributed by atoms with Gasteiger partial charge in [-0.15, -0.1) is 35.3 Å². The van der Waals surface area contributed by atoms with Gasteiger partial charge in [0, 0.05) is 32.1 Å². The minimum absolute atomic E-state index is 0. The predicted octanol–water partition coefficient (Wildman–Crippen LogP) is 3.58. The molecule has 1 saturated heterocycles. The first kappa shape index (κ1) is 21.5. The summed E-state index contributed by atoms with van der Waals surface area (Å²) in [5.41, 5.74) is 0. The molecule has 1 amide bonds. The number of rotatable bonds is 4. The minimum atomic E-state index is 0. The normalized spacial score (nSPS) is 23.8. The summed E-state index contributed by atoms with van der Waals surface area (Å²) < 4.78 is 0. The molecule has 7 heteroatoms. The Bertz CT molecular complexity index is 591. The van der Waals surface area contributed by atoms with Crippen LogP contribution in [0.25, 0.3) is 0 Å². The lowest BCUT2D eigenvalue weighted by Crippen LogP contribution is -2.42. The molecule has 1 aliphatic heterocycles. The van der Waals surface area contributed by atoms with Gasteiger partial charge in [0.05, 0.1) is 6.04 Å². The lowest BCUT2D eigenvalue weighted by Gasteiger charge is -2.25. The number of carbonyl (C=O) groups is 1. The van der Waals surface area contributed by atoms with Gasteiger partial charge in [0.2, 0.25) is 5.91 Å². The average molecular weight is 490 g/mol. The van der Waals surface area contributed by atoms with Gasteiger partial charge in [-0.3, -0.25) is 4.79 Å². The van der Waals surface area contributed by atoms with E-state index in [4.69, 9.17) is 0 Å². The maximum absolute atomic E-state index is 12.0. The summed E-state index contributed by atoms with van der Waals surface area (Å²) in [5.74, 6) is 2.52. The summed E-state index contributed by atoms with van der Waals surface area (Å²) in [6, 6.07) is 4.43. The van der Waals surface area contributed by atoms with Crippen LogP contribution in [0.4, 0.5) is 0 Å². The number of amides is 1. The van der Waals surface area contributed by atoms with Gasteiger partial charge in [0.25, 0.3) is 0 Å². The van der Waals surface area contributed by atoms with Crippen molar-refractivity contribution in [2.75, 3.05) is 33.7 Å². The molecule has 3 unspecified atom stereocenters. The van der Waals surface area contributed by atoms with Gasteiger partial charge in [-0.25, -0.2) is 4.99 Å². The van der Waals surface area contributed by atoms with Gasteiger partial charge in [0.1, 0.15) is 6.54 Å². The van der Waals surface area contributed by atoms with Crippen LogP contribution in [0.2, 0.25) is 0 Å². The number of guanidine groups is 1. The highest BCUT2D eigenvalue weighted by molar-refractivity contribution is 14.0. The van der Waals surface area contributed by atoms with Crippen LogP contribution in [-0.4, -0.2) is 55.4 Å². The zero-order valence-corrected chi connectivity index (χ0v) is 19.1. The van der Waals surface area contributed by atoms with Crippen molar-refractivity contribution in [3.8, 4) is 0 Å². The van der Waals surface area contributed by atoms with Crippen LogP contribution >= 0.6 is 35.3 Å². The summed E-state index contributed by atoms with van der Waals surface area (Å²) >= 11 is 1.75. The van der Waals surface area contributed by atoms with Crippen molar-refractivity contribution in [1.82, 2.24) is 15.1 Å². The smallest absolute Gasteiger partial charge is 0.243 e. The van der Waals surface area contributed by atoms with E-state index in [0.717, 1.165) is 30.9 Å². The van der Waals surface area contributed by atoms with Crippen molar-refractivity contribution in [1.29, 1.82) is 0 Å². The number of hydrogen-bond acceptors (Lipinski definition) is 3. The van der Waals surface area contributed by atoms with Crippen LogP contribution in [-0.2, 0) is 4.79 Å². The van der Waals surface area contributed by atoms with Crippen LogP contribution in [0.15, 0.2) is 22.5 Å². The molecule has 2 fully saturated rings. The van der Waals surface area contributed by atoms with Gasteiger partial charge >= 0.3 is 0 Å². The number of halogens is 1. The molecule has 1 N–H and O–H groups in total. The number of carbonyl (C=O) groups excluding carboxylic acids is 1. The van der Waals surface area contributed by atoms with Gasteiger partial charge in [0.15, 0.2) is 5.96 Å². The van der Waals surface area contributed by atoms with E-state index in [1.165, 1.54) is 30.6 Å². The number of thiophene rings is 1. The number of likely N-dealkylation sites (N-methyl/N-ethyl adjacent to an activating group) is 1. The van der Waals surface area contributed by atoms with Gasteiger partial charge in [-0.05, 0) is 43.0 Å². The molecule has 0 aromatic carbocycles. The summed E-state index contributed by atoms with van der Waals surface area (Å²) in [7, 11) is 3.56. The fourth-order valence-electron chi connectivity index (χ4n) is 3.90. The molecular weight excluding hydrogens is 459 g/mol. The Morgan fingerprint density at radius 2 is 2.00 bits per heavy atom. The Balaban J connectivity index is 0.00000243. The highest BCUT2D eigenvalue weighted by Crippen LogP contribution is 2.36. The van der Waals surface area contributed by atoms with Crippen molar-refractivity contribution in [2.24, 2.45) is 16.8 Å². The molecule has 3 atom stereocenters. The van der Waals surface area contributed by atoms with E-state index in [1.54, 1.807) is 30.3 Å². The first-order valence-electron chi connectivity index (χ1n) is 9.34. The second-order valence-corrected chi connectivity index (χ2v) is 8.50. The fraction of sp³-hybridized carbons (Fsp3) is 0.684. The van der Waals surface area contributed by atoms with Gasteiger partial charge in [-0.1, -0.05) is 18.9 Å². The third-order valence-electron chi connectivity index (χ3n) is 5.45. The molecule has 26 heavy (non-hydrogen) atoms. The summed E-state index contributed by atoms with van der Waals surface area (Å²) in [6.45, 7) is 4.52. The van der Waals surface area contributed by atoms with Crippen LogP contribution < -0.4 is 5.32 Å². The molecule has 3 rings (SSSR count). The Labute approximate surface area is 178 Å². The molecule has 1 aromatic heterocycles. The van der Waals surface area contributed by atoms with Crippen molar-refractivity contribution in [2.45, 2.75) is 38.6 Å². The fourth-order valence-corrected chi connectivity index (χ4v) is 4.64. The van der Waals surface area contributed by atoms with E-state index in [2.05, 4.69) is 39.6 Å². The van der Waals surface area contributed by atoms with Crippen molar-refractivity contribution in [3.63, 3.8) is 0 Å². The minimum Gasteiger partial charge on any atom is -0.349 e. The van der Waals surface area contributed by atoms with Crippen molar-refractivity contribution >= 4 is 47.2 Å². The molecule has 0 radical (unpaired) electrons. The molecule has 1 saturated carbocycles. The highest BCUT2D eigenvalue weighted by atomic mass is 127. The van der Waals surface area contributed by atoms with Crippen LogP contribution in [0, 0.1) is 11.8 Å². The zero-order valence-electron chi connectivity index (χ0n) is 16.0. The van der Waals surface area contributed by atoms with E-state index in [9.17, 15) is 4.79 Å². The van der Waals surface area contributed by atoms with E-state index in [-0.39, 0.29) is 42.5 Å². The maximum Gasteiger partial charge on any atom is 0.243 e. The summed E-state index contributed by atoms with van der Waals surface area (Å²) in [6.07, 6.45) is 5.40. The molecule has 0 bridgehead atoms. The van der Waals surface area contributed by atoms with Crippen LogP contribution in [0.3, 0.4) is 0 Å². The summed E-state index contributed by atoms with van der Waals surface area (Å²) in [5, 5.41) is 5.68. The number of likely N-dealkylation sites (tertiary alicyclic amines) is 1. The lowest BCUT2D eigenvalue weighted by molar-refractivity contribution is -0.127. The Kier molecular flexibility index (Phi) is 8.19. The van der Waals surface area contributed by atoms with Crippen molar-refractivity contribution < 1.29 is 4.79 Å². The topological polar surface area (TPSA) is 47.9 Å². The second kappa shape index (κ2) is 9.92. The summed E-state index contributed by atoms with van der Waals surface area (Å²) in [4.78, 5) is 22.0. The van der Waals surface area contributed by atoms with E-state index >= 15 is 0 Å². The molecule has 0 spiro atoms. The largest absolute Gasteiger partial charge is 0.349 e. The Hall–Kier alpha value is -0.830. The highest BCUT2D eigenvalue weighted by Gasteiger charge is 2.36. The molecule has 5 nitrogen and oxygen atoms in total. The molecule has 1 aliphatic carbocycles. The van der Waals surface area contributed by atoms with Crippen LogP contribution in [0.1, 0.15) is 43.5 Å².